The first-order chi connectivity index (χ1) is 8.56. The second-order valence-corrected chi connectivity index (χ2v) is 5.16. The van der Waals surface area contributed by atoms with Crippen molar-refractivity contribution in [3.8, 4) is 0 Å². The van der Waals surface area contributed by atoms with Gasteiger partial charge < -0.3 is 19.4 Å². The minimum absolute atomic E-state index is 0.199. The summed E-state index contributed by atoms with van der Waals surface area (Å²) in [5.74, 6) is 0.630. The van der Waals surface area contributed by atoms with Crippen molar-refractivity contribution in [1.29, 1.82) is 0 Å². The molecule has 1 aliphatic rings. The Morgan fingerprint density at radius 3 is 2.89 bits per heavy atom. The lowest BCUT2D eigenvalue weighted by atomic mass is 10.2. The first-order valence-corrected chi connectivity index (χ1v) is 6.50. The van der Waals surface area contributed by atoms with Gasteiger partial charge in [0.2, 0.25) is 5.89 Å². The lowest BCUT2D eigenvalue weighted by Gasteiger charge is -2.35. The van der Waals surface area contributed by atoms with Crippen molar-refractivity contribution >= 4 is 6.01 Å². The number of hydrogen-bond acceptors (Lipinski definition) is 6. The Labute approximate surface area is 108 Å². The minimum Gasteiger partial charge on any atom is -0.407 e. The summed E-state index contributed by atoms with van der Waals surface area (Å²) < 4.78 is 11.3. The van der Waals surface area contributed by atoms with Crippen molar-refractivity contribution in [1.82, 2.24) is 15.5 Å². The average molecular weight is 254 g/mol. The molecular weight excluding hydrogens is 232 g/mol. The number of rotatable bonds is 4. The topological polar surface area (TPSA) is 63.4 Å². The number of hydrogen-bond donors (Lipinski definition) is 1. The third kappa shape index (κ3) is 3.20. The monoisotopic (exact) mass is 254 g/mol. The zero-order chi connectivity index (χ0) is 13.1. The molecule has 2 atom stereocenters. The van der Waals surface area contributed by atoms with Gasteiger partial charge in [-0.25, -0.2) is 0 Å². The fourth-order valence-corrected chi connectivity index (χ4v) is 1.89. The van der Waals surface area contributed by atoms with E-state index in [0.29, 0.717) is 31.1 Å². The van der Waals surface area contributed by atoms with E-state index in [9.17, 15) is 0 Å². The van der Waals surface area contributed by atoms with Gasteiger partial charge in [-0.15, -0.1) is 5.10 Å². The van der Waals surface area contributed by atoms with Crippen LogP contribution in [0.25, 0.3) is 0 Å². The van der Waals surface area contributed by atoms with Crippen molar-refractivity contribution < 1.29 is 9.15 Å². The Kier molecular flexibility index (Phi) is 4.19. The summed E-state index contributed by atoms with van der Waals surface area (Å²) in [4.78, 5) is 2.11. The third-order valence-corrected chi connectivity index (χ3v) is 2.97. The first kappa shape index (κ1) is 13.3. The molecule has 0 saturated carbocycles. The Morgan fingerprint density at radius 1 is 1.39 bits per heavy atom. The zero-order valence-electron chi connectivity index (χ0n) is 11.5. The zero-order valence-corrected chi connectivity index (χ0v) is 11.5. The van der Waals surface area contributed by atoms with E-state index in [2.05, 4.69) is 48.1 Å². The van der Waals surface area contributed by atoms with Gasteiger partial charge in [0, 0.05) is 12.6 Å². The van der Waals surface area contributed by atoms with Crippen molar-refractivity contribution in [2.45, 2.75) is 52.4 Å². The summed E-state index contributed by atoms with van der Waals surface area (Å²) in [6.07, 6.45) is 0.199. The van der Waals surface area contributed by atoms with Crippen LogP contribution in [-0.2, 0) is 11.3 Å². The molecule has 0 spiro atoms. The molecule has 1 aliphatic heterocycles. The molecule has 18 heavy (non-hydrogen) atoms. The van der Waals surface area contributed by atoms with Crippen LogP contribution >= 0.6 is 0 Å². The number of anilines is 1. The number of aromatic nitrogens is 2. The second-order valence-electron chi connectivity index (χ2n) is 5.16. The van der Waals surface area contributed by atoms with Crippen molar-refractivity contribution in [3.63, 3.8) is 0 Å². The third-order valence-electron chi connectivity index (χ3n) is 2.97. The maximum atomic E-state index is 5.68. The summed E-state index contributed by atoms with van der Waals surface area (Å²) in [5, 5.41) is 11.4. The number of nitrogens with one attached hydrogen (secondary N) is 1. The Morgan fingerprint density at radius 2 is 2.17 bits per heavy atom. The van der Waals surface area contributed by atoms with E-state index in [4.69, 9.17) is 9.15 Å². The van der Waals surface area contributed by atoms with Gasteiger partial charge in [-0.2, -0.15) is 0 Å². The van der Waals surface area contributed by atoms with E-state index in [1.165, 1.54) is 0 Å². The van der Waals surface area contributed by atoms with Crippen LogP contribution in [0.5, 0.6) is 0 Å². The highest BCUT2D eigenvalue weighted by atomic mass is 16.5. The standard InChI is InChI=1S/C12H22N4O2/c1-8(2)13-5-11-14-15-12(18-11)16-6-10(4)17-7-9(16)3/h8-10,13H,5-7H2,1-4H3. The highest BCUT2D eigenvalue weighted by Gasteiger charge is 2.27. The Balaban J connectivity index is 1.99. The van der Waals surface area contributed by atoms with Crippen LogP contribution in [-0.4, -0.2) is 41.5 Å². The normalized spacial score (nSPS) is 24.8. The van der Waals surface area contributed by atoms with Crippen LogP contribution < -0.4 is 10.2 Å². The number of ether oxygens (including phenoxy) is 1. The fourth-order valence-electron chi connectivity index (χ4n) is 1.89. The van der Waals surface area contributed by atoms with Crippen LogP contribution in [0.2, 0.25) is 0 Å². The van der Waals surface area contributed by atoms with Crippen molar-refractivity contribution in [3.05, 3.63) is 5.89 Å². The Hall–Kier alpha value is -1.14. The lowest BCUT2D eigenvalue weighted by molar-refractivity contribution is 0.0321. The van der Waals surface area contributed by atoms with Gasteiger partial charge in [-0.1, -0.05) is 18.9 Å². The van der Waals surface area contributed by atoms with Crippen LogP contribution in [0.15, 0.2) is 4.42 Å². The molecule has 0 radical (unpaired) electrons. The lowest BCUT2D eigenvalue weighted by Crippen LogP contribution is -2.47. The fraction of sp³-hybridized carbons (Fsp3) is 0.833. The number of morpholine rings is 1. The summed E-state index contributed by atoms with van der Waals surface area (Å²) in [6, 6.07) is 1.27. The average Bonchev–Trinajstić information content (AvgIpc) is 2.78. The molecule has 2 rings (SSSR count). The van der Waals surface area contributed by atoms with E-state index in [1.54, 1.807) is 0 Å². The quantitative estimate of drug-likeness (QED) is 0.870. The molecule has 0 aromatic carbocycles. The molecule has 1 saturated heterocycles. The maximum Gasteiger partial charge on any atom is 0.318 e. The molecule has 1 fully saturated rings. The van der Waals surface area contributed by atoms with Gasteiger partial charge in [-0.3, -0.25) is 0 Å². The SMILES string of the molecule is CC(C)NCc1nnc(N2CC(C)OCC2C)o1. The molecule has 6 nitrogen and oxygen atoms in total. The van der Waals surface area contributed by atoms with E-state index >= 15 is 0 Å². The molecule has 6 heteroatoms. The van der Waals surface area contributed by atoms with Gasteiger partial charge in [0.25, 0.3) is 0 Å². The van der Waals surface area contributed by atoms with Gasteiger partial charge in [0.05, 0.1) is 25.3 Å². The van der Waals surface area contributed by atoms with Crippen LogP contribution in [0, 0.1) is 0 Å². The minimum atomic E-state index is 0.199. The smallest absolute Gasteiger partial charge is 0.318 e. The molecule has 1 N–H and O–H groups in total. The molecule has 2 unspecified atom stereocenters. The van der Waals surface area contributed by atoms with Crippen molar-refractivity contribution in [2.24, 2.45) is 0 Å². The summed E-state index contributed by atoms with van der Waals surface area (Å²) in [6.45, 7) is 10.4. The van der Waals surface area contributed by atoms with E-state index in [1.807, 2.05) is 0 Å². The number of nitrogens with zero attached hydrogens (tertiary/aromatic N) is 3. The highest BCUT2D eigenvalue weighted by Crippen LogP contribution is 2.20. The molecule has 0 bridgehead atoms. The van der Waals surface area contributed by atoms with Crippen LogP contribution in [0.1, 0.15) is 33.6 Å². The predicted octanol–water partition coefficient (Wildman–Crippen LogP) is 1.18. The maximum absolute atomic E-state index is 5.68. The van der Waals surface area contributed by atoms with Crippen LogP contribution in [0.4, 0.5) is 6.01 Å². The molecule has 1 aromatic heterocycles. The molecular formula is C12H22N4O2. The molecule has 0 amide bonds. The second kappa shape index (κ2) is 5.67. The van der Waals surface area contributed by atoms with Gasteiger partial charge in [-0.05, 0) is 13.8 Å². The van der Waals surface area contributed by atoms with E-state index < -0.39 is 0 Å². The summed E-state index contributed by atoms with van der Waals surface area (Å²) in [7, 11) is 0. The molecule has 2 heterocycles. The highest BCUT2D eigenvalue weighted by molar-refractivity contribution is 5.27. The summed E-state index contributed by atoms with van der Waals surface area (Å²) in [5.41, 5.74) is 0. The van der Waals surface area contributed by atoms with Gasteiger partial charge >= 0.3 is 6.01 Å². The Bertz CT molecular complexity index is 380. The molecule has 0 aliphatic carbocycles. The first-order valence-electron chi connectivity index (χ1n) is 6.50. The van der Waals surface area contributed by atoms with Gasteiger partial charge in [0.15, 0.2) is 0 Å². The van der Waals surface area contributed by atoms with E-state index in [0.717, 1.165) is 6.54 Å². The predicted molar refractivity (Wildman–Crippen MR) is 68.5 cm³/mol. The molecule has 102 valence electrons. The largest absolute Gasteiger partial charge is 0.407 e. The molecule has 1 aromatic rings. The summed E-state index contributed by atoms with van der Waals surface area (Å²) >= 11 is 0. The van der Waals surface area contributed by atoms with Gasteiger partial charge in [0.1, 0.15) is 0 Å². The van der Waals surface area contributed by atoms with E-state index in [-0.39, 0.29) is 12.1 Å². The van der Waals surface area contributed by atoms with Crippen LogP contribution in [0.3, 0.4) is 0 Å². The van der Waals surface area contributed by atoms with Crippen molar-refractivity contribution in [2.75, 3.05) is 18.1 Å².